The molecule has 3 nitrogen and oxygen atoms in total. The van der Waals surface area contributed by atoms with E-state index >= 15 is 0 Å². The molecule has 0 aliphatic carbocycles. The molecule has 15 heavy (non-hydrogen) atoms. The van der Waals surface area contributed by atoms with Crippen LogP contribution in [0.5, 0.6) is 0 Å². The molecule has 4 heteroatoms. The maximum Gasteiger partial charge on any atom is 0.500 e. The van der Waals surface area contributed by atoms with Crippen molar-refractivity contribution in [3.05, 3.63) is 19.1 Å². The molecule has 0 heterocycles. The number of unbranched alkanes of at least 4 members (excludes halogenated alkanes) is 1. The van der Waals surface area contributed by atoms with E-state index in [-0.39, 0.29) is 0 Å². The molecular weight excluding hydrogens is 208 g/mol. The zero-order valence-corrected chi connectivity index (χ0v) is 11.1. The van der Waals surface area contributed by atoms with Gasteiger partial charge in [-0.1, -0.05) is 6.08 Å². The molecule has 0 spiro atoms. The van der Waals surface area contributed by atoms with Crippen LogP contribution in [0, 0.1) is 6.42 Å². The van der Waals surface area contributed by atoms with Crippen molar-refractivity contribution in [1.29, 1.82) is 0 Å². The van der Waals surface area contributed by atoms with E-state index in [9.17, 15) is 0 Å². The Morgan fingerprint density at radius 3 is 1.80 bits per heavy atom. The fourth-order valence-corrected chi connectivity index (χ4v) is 3.90. The summed E-state index contributed by atoms with van der Waals surface area (Å²) in [6.45, 7) is 11.5. The van der Waals surface area contributed by atoms with E-state index in [1.807, 2.05) is 27.2 Å². The van der Waals surface area contributed by atoms with Gasteiger partial charge >= 0.3 is 8.80 Å². The van der Waals surface area contributed by atoms with Gasteiger partial charge in [0.15, 0.2) is 0 Å². The molecule has 0 unspecified atom stereocenters. The SMILES string of the molecule is C=C[CH]CC[Si](OCC)(OCC)OCC. The van der Waals surface area contributed by atoms with Gasteiger partial charge in [0.05, 0.1) is 0 Å². The predicted octanol–water partition coefficient (Wildman–Crippen LogP) is 2.82. The first kappa shape index (κ1) is 14.8. The van der Waals surface area contributed by atoms with Crippen LogP contribution in [0.2, 0.25) is 6.04 Å². The Morgan fingerprint density at radius 1 is 1.00 bits per heavy atom. The average Bonchev–Trinajstić information content (AvgIpc) is 2.19. The van der Waals surface area contributed by atoms with Crippen molar-refractivity contribution in [2.45, 2.75) is 33.2 Å². The zero-order valence-electron chi connectivity index (χ0n) is 10.1. The Morgan fingerprint density at radius 2 is 1.47 bits per heavy atom. The van der Waals surface area contributed by atoms with Crippen molar-refractivity contribution in [2.75, 3.05) is 19.8 Å². The Hall–Kier alpha value is -0.163. The molecule has 89 valence electrons. The second kappa shape index (κ2) is 9.09. The van der Waals surface area contributed by atoms with Crippen molar-refractivity contribution in [1.82, 2.24) is 0 Å². The van der Waals surface area contributed by atoms with E-state index in [1.165, 1.54) is 0 Å². The van der Waals surface area contributed by atoms with Crippen LogP contribution in [-0.2, 0) is 13.3 Å². The highest BCUT2D eigenvalue weighted by molar-refractivity contribution is 6.60. The summed E-state index contributed by atoms with van der Waals surface area (Å²) in [5.41, 5.74) is 0. The van der Waals surface area contributed by atoms with E-state index < -0.39 is 8.80 Å². The quantitative estimate of drug-likeness (QED) is 0.427. The van der Waals surface area contributed by atoms with Crippen molar-refractivity contribution >= 4 is 8.80 Å². The lowest BCUT2D eigenvalue weighted by Gasteiger charge is -2.28. The number of rotatable bonds is 10. The molecular formula is C11H23O3Si. The van der Waals surface area contributed by atoms with Crippen LogP contribution in [0.3, 0.4) is 0 Å². The molecule has 0 aliphatic rings. The predicted molar refractivity (Wildman–Crippen MR) is 64.6 cm³/mol. The molecule has 0 aromatic rings. The smallest absolute Gasteiger partial charge is 0.374 e. The van der Waals surface area contributed by atoms with Crippen molar-refractivity contribution in [2.24, 2.45) is 0 Å². The van der Waals surface area contributed by atoms with Gasteiger partial charge in [0.1, 0.15) is 0 Å². The largest absolute Gasteiger partial charge is 0.500 e. The van der Waals surface area contributed by atoms with Crippen LogP contribution in [0.4, 0.5) is 0 Å². The van der Waals surface area contributed by atoms with Crippen LogP contribution >= 0.6 is 0 Å². The van der Waals surface area contributed by atoms with Crippen LogP contribution in [0.15, 0.2) is 12.7 Å². The van der Waals surface area contributed by atoms with Crippen LogP contribution in [0.1, 0.15) is 27.2 Å². The molecule has 0 aromatic heterocycles. The number of hydrogen-bond donors (Lipinski definition) is 0. The minimum absolute atomic E-state index is 0.639. The maximum atomic E-state index is 5.70. The lowest BCUT2D eigenvalue weighted by atomic mass is 10.3. The van der Waals surface area contributed by atoms with Gasteiger partial charge in [0.25, 0.3) is 0 Å². The van der Waals surface area contributed by atoms with Crippen LogP contribution in [0.25, 0.3) is 0 Å². The Kier molecular flexibility index (Phi) is 8.99. The monoisotopic (exact) mass is 231 g/mol. The van der Waals surface area contributed by atoms with E-state index in [0.29, 0.717) is 19.8 Å². The molecule has 0 bridgehead atoms. The second-order valence-electron chi connectivity index (χ2n) is 2.99. The van der Waals surface area contributed by atoms with Gasteiger partial charge in [0.2, 0.25) is 0 Å². The Bertz CT molecular complexity index is 145. The summed E-state index contributed by atoms with van der Waals surface area (Å²) in [4.78, 5) is 0. The zero-order chi connectivity index (χ0) is 11.6. The third-order valence-corrected chi connectivity index (χ3v) is 4.96. The van der Waals surface area contributed by atoms with Gasteiger partial charge < -0.3 is 13.3 Å². The molecule has 0 N–H and O–H groups in total. The molecule has 0 atom stereocenters. The molecule has 0 rings (SSSR count). The molecule has 0 fully saturated rings. The maximum absolute atomic E-state index is 5.70. The van der Waals surface area contributed by atoms with Gasteiger partial charge in [-0.2, -0.15) is 0 Å². The number of hydrogen-bond acceptors (Lipinski definition) is 3. The summed E-state index contributed by atoms with van der Waals surface area (Å²) in [6, 6.07) is 0.828. The molecule has 0 aromatic carbocycles. The minimum atomic E-state index is -2.41. The highest BCUT2D eigenvalue weighted by Crippen LogP contribution is 2.18. The van der Waals surface area contributed by atoms with Crippen LogP contribution < -0.4 is 0 Å². The summed E-state index contributed by atoms with van der Waals surface area (Å²) < 4.78 is 17.1. The van der Waals surface area contributed by atoms with Crippen LogP contribution in [-0.4, -0.2) is 28.6 Å². The van der Waals surface area contributed by atoms with Crippen molar-refractivity contribution in [3.63, 3.8) is 0 Å². The second-order valence-corrected chi connectivity index (χ2v) is 5.72. The van der Waals surface area contributed by atoms with E-state index in [2.05, 4.69) is 6.58 Å². The highest BCUT2D eigenvalue weighted by atomic mass is 28.4. The topological polar surface area (TPSA) is 27.7 Å². The first-order valence-electron chi connectivity index (χ1n) is 5.60. The lowest BCUT2D eigenvalue weighted by molar-refractivity contribution is 0.0714. The fraction of sp³-hybridized carbons (Fsp3) is 0.727. The van der Waals surface area contributed by atoms with Gasteiger partial charge in [-0.25, -0.2) is 0 Å². The first-order chi connectivity index (χ1) is 7.24. The summed E-state index contributed by atoms with van der Waals surface area (Å²) in [6.07, 6.45) is 4.71. The molecule has 0 amide bonds. The molecule has 0 saturated carbocycles. The van der Waals surface area contributed by atoms with Gasteiger partial charge in [-0.15, -0.1) is 6.58 Å². The number of allylic oxidation sites excluding steroid dienone is 1. The Balaban J connectivity index is 4.24. The summed E-state index contributed by atoms with van der Waals surface area (Å²) in [5.74, 6) is 0. The molecule has 1 radical (unpaired) electrons. The van der Waals surface area contributed by atoms with E-state index in [0.717, 1.165) is 12.5 Å². The normalized spacial score (nSPS) is 11.7. The summed E-state index contributed by atoms with van der Waals surface area (Å²) in [5, 5.41) is 0. The standard InChI is InChI=1S/C11H23O3Si/c1-5-9-10-11-15(12-6-2,13-7-3)14-8-4/h5,9H,1,6-8,10-11H2,2-4H3. The third kappa shape index (κ3) is 6.09. The average molecular weight is 231 g/mol. The molecule has 0 aliphatic heterocycles. The van der Waals surface area contributed by atoms with Crippen molar-refractivity contribution in [3.8, 4) is 0 Å². The first-order valence-corrected chi connectivity index (χ1v) is 7.53. The van der Waals surface area contributed by atoms with Gasteiger partial charge in [0, 0.05) is 25.9 Å². The minimum Gasteiger partial charge on any atom is -0.374 e. The fourth-order valence-electron chi connectivity index (χ4n) is 1.38. The van der Waals surface area contributed by atoms with Gasteiger partial charge in [-0.3, -0.25) is 0 Å². The van der Waals surface area contributed by atoms with E-state index in [1.54, 1.807) is 6.08 Å². The van der Waals surface area contributed by atoms with Gasteiger partial charge in [-0.05, 0) is 33.6 Å². The van der Waals surface area contributed by atoms with Crippen molar-refractivity contribution < 1.29 is 13.3 Å². The summed E-state index contributed by atoms with van der Waals surface area (Å²) in [7, 11) is -2.41. The molecule has 0 saturated heterocycles. The lowest BCUT2D eigenvalue weighted by Crippen LogP contribution is -2.45. The Labute approximate surface area is 94.8 Å². The third-order valence-electron chi connectivity index (χ3n) is 1.88. The summed E-state index contributed by atoms with van der Waals surface area (Å²) >= 11 is 0. The van der Waals surface area contributed by atoms with E-state index in [4.69, 9.17) is 13.3 Å². The highest BCUT2D eigenvalue weighted by Gasteiger charge is 2.39.